The van der Waals surface area contributed by atoms with Crippen LogP contribution in [0, 0.1) is 0 Å². The molecule has 7 aromatic rings. The zero-order valence-corrected chi connectivity index (χ0v) is 34.8. The SMILES string of the molecule is CNS(=O)(=O)c1cc(-c2cc(-c3cc(-c4ccccc4)c(O)c(S(=O)(=O)NC)c3)cc(-c3cc(-c4ccccc4)c(O)c(S(=O)(=O)NC)c3)c2)cc(-c2ccccc2)c1O. The van der Waals surface area contributed by atoms with Crippen molar-refractivity contribution in [2.45, 2.75) is 14.7 Å². The first-order valence-electron chi connectivity index (χ1n) is 18.3. The van der Waals surface area contributed by atoms with Crippen LogP contribution in [-0.4, -0.2) is 61.7 Å². The van der Waals surface area contributed by atoms with Crippen molar-refractivity contribution >= 4 is 30.1 Å². The summed E-state index contributed by atoms with van der Waals surface area (Å²) < 4.78 is 87.5. The quantitative estimate of drug-likeness (QED) is 0.0719. The lowest BCUT2D eigenvalue weighted by Crippen LogP contribution is -2.19. The summed E-state index contributed by atoms with van der Waals surface area (Å²) >= 11 is 0. The zero-order valence-electron chi connectivity index (χ0n) is 32.4. The summed E-state index contributed by atoms with van der Waals surface area (Å²) in [6, 6.07) is 39.9. The van der Waals surface area contributed by atoms with Crippen LogP contribution in [0.5, 0.6) is 17.2 Å². The lowest BCUT2D eigenvalue weighted by molar-refractivity contribution is 0.459. The topological polar surface area (TPSA) is 199 Å². The van der Waals surface area contributed by atoms with Gasteiger partial charge in [-0.3, -0.25) is 0 Å². The summed E-state index contributed by atoms with van der Waals surface area (Å²) in [6.07, 6.45) is 0. The summed E-state index contributed by atoms with van der Waals surface area (Å²) in [5.41, 5.74) is 4.24. The monoisotopic (exact) mass is 861 g/mol. The minimum absolute atomic E-state index is 0.200. The smallest absolute Gasteiger partial charge is 0.244 e. The van der Waals surface area contributed by atoms with Crippen molar-refractivity contribution in [1.29, 1.82) is 0 Å². The zero-order chi connectivity index (χ0) is 43.0. The van der Waals surface area contributed by atoms with E-state index >= 15 is 0 Å². The third-order valence-corrected chi connectivity index (χ3v) is 14.4. The second kappa shape index (κ2) is 16.4. The number of phenolic OH excluding ortho intramolecular Hbond substituents is 3. The van der Waals surface area contributed by atoms with E-state index in [1.54, 1.807) is 127 Å². The van der Waals surface area contributed by atoms with E-state index in [1.807, 2.05) is 0 Å². The van der Waals surface area contributed by atoms with Crippen LogP contribution in [0.3, 0.4) is 0 Å². The lowest BCUT2D eigenvalue weighted by atomic mass is 9.90. The maximum absolute atomic E-state index is 13.4. The van der Waals surface area contributed by atoms with Crippen molar-refractivity contribution in [2.75, 3.05) is 21.1 Å². The molecule has 0 bridgehead atoms. The molecule has 306 valence electrons. The number of hydrogen-bond acceptors (Lipinski definition) is 9. The Morgan fingerprint density at radius 2 is 0.533 bits per heavy atom. The molecule has 0 atom stereocenters. The molecule has 0 aliphatic heterocycles. The first-order valence-corrected chi connectivity index (χ1v) is 22.8. The molecule has 0 radical (unpaired) electrons. The van der Waals surface area contributed by atoms with Gasteiger partial charge in [-0.05, 0) is 126 Å². The predicted octanol–water partition coefficient (Wildman–Crippen LogP) is 7.53. The van der Waals surface area contributed by atoms with E-state index in [0.717, 1.165) is 0 Å². The van der Waals surface area contributed by atoms with Crippen molar-refractivity contribution in [1.82, 2.24) is 14.2 Å². The van der Waals surface area contributed by atoms with E-state index in [1.165, 1.54) is 39.3 Å². The van der Waals surface area contributed by atoms with Gasteiger partial charge < -0.3 is 15.3 Å². The molecule has 0 aliphatic carbocycles. The first-order chi connectivity index (χ1) is 28.6. The highest BCUT2D eigenvalue weighted by Gasteiger charge is 2.26. The van der Waals surface area contributed by atoms with Crippen molar-refractivity contribution in [3.63, 3.8) is 0 Å². The van der Waals surface area contributed by atoms with Gasteiger partial charge in [0.25, 0.3) is 0 Å². The van der Waals surface area contributed by atoms with Crippen LogP contribution in [-0.2, 0) is 30.1 Å². The molecule has 0 amide bonds. The minimum atomic E-state index is -4.25. The van der Waals surface area contributed by atoms with Crippen molar-refractivity contribution in [3.8, 4) is 84.0 Å². The van der Waals surface area contributed by atoms with Crippen LogP contribution in [0.1, 0.15) is 0 Å². The summed E-state index contributed by atoms with van der Waals surface area (Å²) in [5, 5.41) is 34.3. The second-order valence-corrected chi connectivity index (χ2v) is 19.2. The van der Waals surface area contributed by atoms with Crippen LogP contribution < -0.4 is 14.2 Å². The molecule has 0 aliphatic rings. The highest BCUT2D eigenvalue weighted by atomic mass is 32.2. The van der Waals surface area contributed by atoms with Gasteiger partial charge in [-0.25, -0.2) is 39.4 Å². The number of aromatic hydroxyl groups is 3. The standard InChI is InChI=1S/C45H39N3O9S3/c1-46-58(52,53)40-25-34(22-37(43(40)49)28-13-7-4-8-14-28)31-19-32(35-23-38(29-15-9-5-10-16-29)44(50)41(26-35)59(54,55)47-2)21-33(20-31)36-24-39(30-17-11-6-12-18-30)45(51)42(27-36)60(56,57)48-3/h4-27,46-51H,1-3H3. The number of phenols is 3. The molecular formula is C45H39N3O9S3. The van der Waals surface area contributed by atoms with Crippen LogP contribution in [0.2, 0.25) is 0 Å². The first kappa shape index (κ1) is 41.8. The molecule has 7 rings (SSSR count). The van der Waals surface area contributed by atoms with Gasteiger partial charge in [-0.1, -0.05) is 91.0 Å². The fourth-order valence-corrected chi connectivity index (χ4v) is 9.51. The highest BCUT2D eigenvalue weighted by Crippen LogP contribution is 2.45. The summed E-state index contributed by atoms with van der Waals surface area (Å²) in [4.78, 5) is -1.24. The molecule has 7 aromatic carbocycles. The van der Waals surface area contributed by atoms with E-state index in [2.05, 4.69) is 14.2 Å². The molecule has 0 unspecified atom stereocenters. The van der Waals surface area contributed by atoms with Gasteiger partial charge in [-0.15, -0.1) is 0 Å². The fraction of sp³-hybridized carbons (Fsp3) is 0.0667. The number of hydrogen-bond donors (Lipinski definition) is 6. The number of nitrogens with one attached hydrogen (secondary N) is 3. The molecular weight excluding hydrogens is 823 g/mol. The Hall–Kier alpha value is -6.33. The Morgan fingerprint density at radius 1 is 0.317 bits per heavy atom. The molecule has 0 heterocycles. The van der Waals surface area contributed by atoms with E-state index in [-0.39, 0.29) is 16.7 Å². The average molecular weight is 862 g/mol. The van der Waals surface area contributed by atoms with E-state index in [0.29, 0.717) is 50.1 Å². The Labute approximate surface area is 348 Å². The van der Waals surface area contributed by atoms with E-state index in [4.69, 9.17) is 0 Å². The van der Waals surface area contributed by atoms with Crippen molar-refractivity contribution in [2.24, 2.45) is 0 Å². The molecule has 0 saturated carbocycles. The Bertz CT molecular complexity index is 2760. The molecule has 6 N–H and O–H groups in total. The summed E-state index contributed by atoms with van der Waals surface area (Å²) in [7, 11) is -9.08. The fourth-order valence-electron chi connectivity index (χ4n) is 6.91. The van der Waals surface area contributed by atoms with E-state index < -0.39 is 62.0 Å². The summed E-state index contributed by atoms with van der Waals surface area (Å²) in [5.74, 6) is -1.47. The van der Waals surface area contributed by atoms with Gasteiger partial charge in [0.1, 0.15) is 31.9 Å². The van der Waals surface area contributed by atoms with Crippen LogP contribution in [0.25, 0.3) is 66.8 Å². The molecule has 15 heteroatoms. The lowest BCUT2D eigenvalue weighted by Gasteiger charge is -2.18. The third kappa shape index (κ3) is 8.01. The molecule has 0 saturated heterocycles. The largest absolute Gasteiger partial charge is 0.506 e. The van der Waals surface area contributed by atoms with Crippen molar-refractivity contribution < 1.29 is 40.6 Å². The molecule has 0 fully saturated rings. The van der Waals surface area contributed by atoms with Gasteiger partial charge in [-0.2, -0.15) is 0 Å². The van der Waals surface area contributed by atoms with Gasteiger partial charge in [0.2, 0.25) is 30.1 Å². The average Bonchev–Trinajstić information content (AvgIpc) is 3.27. The van der Waals surface area contributed by atoms with Crippen LogP contribution in [0.4, 0.5) is 0 Å². The molecule has 0 spiro atoms. The normalized spacial score (nSPS) is 12.1. The predicted molar refractivity (Wildman–Crippen MR) is 233 cm³/mol. The Morgan fingerprint density at radius 3 is 0.750 bits per heavy atom. The maximum Gasteiger partial charge on any atom is 0.244 e. The van der Waals surface area contributed by atoms with Crippen LogP contribution >= 0.6 is 0 Å². The van der Waals surface area contributed by atoms with Crippen molar-refractivity contribution in [3.05, 3.63) is 146 Å². The molecule has 12 nitrogen and oxygen atoms in total. The Kier molecular flexibility index (Phi) is 11.4. The number of benzene rings is 7. The number of rotatable bonds is 12. The van der Waals surface area contributed by atoms with Gasteiger partial charge in [0, 0.05) is 16.7 Å². The Balaban J connectivity index is 1.61. The van der Waals surface area contributed by atoms with Crippen LogP contribution in [0.15, 0.2) is 160 Å². The van der Waals surface area contributed by atoms with Gasteiger partial charge >= 0.3 is 0 Å². The molecule has 0 aromatic heterocycles. The maximum atomic E-state index is 13.4. The van der Waals surface area contributed by atoms with E-state index in [9.17, 15) is 40.6 Å². The third-order valence-electron chi connectivity index (χ3n) is 10.1. The number of sulfonamides is 3. The molecule has 60 heavy (non-hydrogen) atoms. The second-order valence-electron chi connectivity index (χ2n) is 13.6. The van der Waals surface area contributed by atoms with Gasteiger partial charge in [0.05, 0.1) is 0 Å². The summed E-state index contributed by atoms with van der Waals surface area (Å²) in [6.45, 7) is 0. The van der Waals surface area contributed by atoms with Gasteiger partial charge in [0.15, 0.2) is 0 Å². The minimum Gasteiger partial charge on any atom is -0.506 e. The highest BCUT2D eigenvalue weighted by molar-refractivity contribution is 7.90.